The van der Waals surface area contributed by atoms with Gasteiger partial charge in [0.05, 0.1) is 22.4 Å². The van der Waals surface area contributed by atoms with Gasteiger partial charge in [0.25, 0.3) is 0 Å². The molecule has 0 radical (unpaired) electrons. The Bertz CT molecular complexity index is 3530. The molecule has 0 unspecified atom stereocenters. The van der Waals surface area contributed by atoms with Gasteiger partial charge in [0.1, 0.15) is 11.2 Å². The molecule has 0 aliphatic carbocycles. The lowest BCUT2D eigenvalue weighted by molar-refractivity contribution is 0.673. The Morgan fingerprint density at radius 2 is 0.982 bits per heavy atom. The van der Waals surface area contributed by atoms with Crippen LogP contribution in [0.4, 0.5) is 17.1 Å². The van der Waals surface area contributed by atoms with E-state index in [1.54, 1.807) is 0 Å². The van der Waals surface area contributed by atoms with E-state index in [0.717, 1.165) is 44.4 Å². The van der Waals surface area contributed by atoms with Crippen molar-refractivity contribution in [3.8, 4) is 16.8 Å². The van der Waals surface area contributed by atoms with E-state index in [2.05, 4.69) is 216 Å². The third kappa shape index (κ3) is 4.92. The molecule has 266 valence electrons. The minimum absolute atomic E-state index is 0.862. The van der Waals surface area contributed by atoms with Crippen LogP contribution in [0.2, 0.25) is 0 Å². The molecule has 0 atom stereocenters. The van der Waals surface area contributed by atoms with Crippen LogP contribution in [0.25, 0.3) is 92.9 Å². The Balaban J connectivity index is 1.14. The zero-order valence-electron chi connectivity index (χ0n) is 30.9. The van der Waals surface area contributed by atoms with Gasteiger partial charge < -0.3 is 13.9 Å². The van der Waals surface area contributed by atoms with Crippen molar-refractivity contribution in [2.75, 3.05) is 4.90 Å². The van der Waals surface area contributed by atoms with Gasteiger partial charge in [-0.15, -0.1) is 0 Å². The number of anilines is 3. The largest absolute Gasteiger partial charge is 0.455 e. The van der Waals surface area contributed by atoms with Crippen LogP contribution >= 0.6 is 0 Å². The van der Waals surface area contributed by atoms with Crippen molar-refractivity contribution in [3.63, 3.8) is 0 Å². The predicted molar refractivity (Wildman–Crippen MR) is 241 cm³/mol. The van der Waals surface area contributed by atoms with Gasteiger partial charge in [0.2, 0.25) is 0 Å². The molecule has 2 heterocycles. The Hall–Kier alpha value is -7.62. The average molecular weight is 727 g/mol. The fourth-order valence-electron chi connectivity index (χ4n) is 9.09. The number of furan rings is 1. The van der Waals surface area contributed by atoms with Crippen molar-refractivity contribution in [2.24, 2.45) is 0 Å². The van der Waals surface area contributed by atoms with E-state index in [9.17, 15) is 0 Å². The lowest BCUT2D eigenvalue weighted by Crippen LogP contribution is -2.11. The van der Waals surface area contributed by atoms with Gasteiger partial charge in [-0.1, -0.05) is 140 Å². The molecule has 3 nitrogen and oxygen atoms in total. The summed E-state index contributed by atoms with van der Waals surface area (Å²) in [5.41, 5.74) is 10.8. The SMILES string of the molecule is c1ccc(-c2cc(N(c3ccc4c(c3)oc3c5ccccc5ccc43)c3ccc4c(c3)c3ccccc3n4-c3cccc4ccccc34)c3ccccc3c2)cc1. The Labute approximate surface area is 328 Å². The van der Waals surface area contributed by atoms with E-state index < -0.39 is 0 Å². The van der Waals surface area contributed by atoms with Crippen LogP contribution in [0.3, 0.4) is 0 Å². The number of rotatable bonds is 5. The van der Waals surface area contributed by atoms with E-state index in [1.807, 2.05) is 0 Å². The van der Waals surface area contributed by atoms with Crippen LogP contribution in [0.1, 0.15) is 0 Å². The maximum absolute atomic E-state index is 6.79. The standard InChI is InChI=1S/C54H34N2O/c1-2-13-35(14-3-1)39-31-38-17-6-8-20-43(38)52(32-39)55(41-26-29-46-47-28-25-37-16-5-9-21-44(37)54(47)57-53(46)34-41)40-27-30-51-48(33-40)45-22-10-11-23-50(45)56(51)49-24-12-18-36-15-4-7-19-42(36)49/h1-34H. The molecule has 3 heteroatoms. The Kier molecular flexibility index (Phi) is 6.93. The molecule has 0 aliphatic rings. The van der Waals surface area contributed by atoms with Gasteiger partial charge >= 0.3 is 0 Å². The van der Waals surface area contributed by atoms with Gasteiger partial charge in [-0.05, 0) is 87.9 Å². The number of nitrogens with zero attached hydrogens (tertiary/aromatic N) is 2. The Morgan fingerprint density at radius 3 is 1.84 bits per heavy atom. The van der Waals surface area contributed by atoms with Crippen LogP contribution in [-0.4, -0.2) is 4.57 Å². The lowest BCUT2D eigenvalue weighted by atomic mass is 9.98. The van der Waals surface area contributed by atoms with Gasteiger partial charge in [0, 0.05) is 55.1 Å². The molecule has 12 aromatic rings. The van der Waals surface area contributed by atoms with Crippen molar-refractivity contribution in [1.82, 2.24) is 4.57 Å². The second-order valence-electron chi connectivity index (χ2n) is 14.9. The summed E-state index contributed by atoms with van der Waals surface area (Å²) in [6.45, 7) is 0. The fourth-order valence-corrected chi connectivity index (χ4v) is 9.09. The minimum atomic E-state index is 0.862. The molecule has 0 saturated heterocycles. The van der Waals surface area contributed by atoms with Gasteiger partial charge in [-0.3, -0.25) is 0 Å². The summed E-state index contributed by atoms with van der Waals surface area (Å²) in [6.07, 6.45) is 0. The molecule has 0 aliphatic heterocycles. The van der Waals surface area contributed by atoms with Crippen LogP contribution in [0.15, 0.2) is 211 Å². The zero-order chi connectivity index (χ0) is 37.5. The fraction of sp³-hybridized carbons (Fsp3) is 0. The quantitative estimate of drug-likeness (QED) is 0.176. The highest BCUT2D eigenvalue weighted by molar-refractivity contribution is 6.16. The highest BCUT2D eigenvalue weighted by atomic mass is 16.3. The maximum Gasteiger partial charge on any atom is 0.143 e. The number of aromatic nitrogens is 1. The summed E-state index contributed by atoms with van der Waals surface area (Å²) < 4.78 is 9.22. The molecule has 57 heavy (non-hydrogen) atoms. The summed E-state index contributed by atoms with van der Waals surface area (Å²) in [6, 6.07) is 74.6. The van der Waals surface area contributed by atoms with Crippen molar-refractivity contribution in [1.29, 1.82) is 0 Å². The molecule has 0 saturated carbocycles. The van der Waals surface area contributed by atoms with Crippen LogP contribution in [-0.2, 0) is 0 Å². The highest BCUT2D eigenvalue weighted by Crippen LogP contribution is 2.46. The van der Waals surface area contributed by atoms with E-state index in [4.69, 9.17) is 4.42 Å². The summed E-state index contributed by atoms with van der Waals surface area (Å²) >= 11 is 0. The monoisotopic (exact) mass is 726 g/mol. The predicted octanol–water partition coefficient (Wildman–Crippen LogP) is 15.3. The molecule has 0 fully saturated rings. The first kappa shape index (κ1) is 31.7. The summed E-state index contributed by atoms with van der Waals surface area (Å²) in [4.78, 5) is 2.42. The smallest absolute Gasteiger partial charge is 0.143 e. The summed E-state index contributed by atoms with van der Waals surface area (Å²) in [5, 5.41) is 11.7. The lowest BCUT2D eigenvalue weighted by Gasteiger charge is -2.28. The minimum Gasteiger partial charge on any atom is -0.455 e. The number of para-hydroxylation sites is 1. The molecular formula is C54H34N2O. The summed E-state index contributed by atoms with van der Waals surface area (Å²) in [5.74, 6) is 0. The summed E-state index contributed by atoms with van der Waals surface area (Å²) in [7, 11) is 0. The number of hydrogen-bond donors (Lipinski definition) is 0. The first-order valence-corrected chi connectivity index (χ1v) is 19.5. The molecule has 0 amide bonds. The molecule has 0 N–H and O–H groups in total. The Morgan fingerprint density at radius 1 is 0.351 bits per heavy atom. The van der Waals surface area contributed by atoms with Crippen molar-refractivity contribution < 1.29 is 4.42 Å². The molecule has 10 aromatic carbocycles. The van der Waals surface area contributed by atoms with E-state index in [-0.39, 0.29) is 0 Å². The third-order valence-corrected chi connectivity index (χ3v) is 11.7. The number of hydrogen-bond acceptors (Lipinski definition) is 2. The zero-order valence-corrected chi connectivity index (χ0v) is 30.9. The van der Waals surface area contributed by atoms with Crippen molar-refractivity contribution >= 4 is 93.1 Å². The van der Waals surface area contributed by atoms with E-state index in [1.165, 1.54) is 65.6 Å². The van der Waals surface area contributed by atoms with E-state index >= 15 is 0 Å². The van der Waals surface area contributed by atoms with Crippen molar-refractivity contribution in [3.05, 3.63) is 206 Å². The number of fused-ring (bicyclic) bond motifs is 10. The average Bonchev–Trinajstić information content (AvgIpc) is 3.82. The second-order valence-corrected chi connectivity index (χ2v) is 14.9. The topological polar surface area (TPSA) is 21.3 Å². The van der Waals surface area contributed by atoms with Gasteiger partial charge in [0.15, 0.2) is 0 Å². The molecule has 2 aromatic heterocycles. The maximum atomic E-state index is 6.79. The van der Waals surface area contributed by atoms with Crippen LogP contribution in [0, 0.1) is 0 Å². The second kappa shape index (κ2) is 12.5. The van der Waals surface area contributed by atoms with Gasteiger partial charge in [-0.25, -0.2) is 0 Å². The van der Waals surface area contributed by atoms with E-state index in [0.29, 0.717) is 0 Å². The molecule has 12 rings (SSSR count). The first-order chi connectivity index (χ1) is 28.3. The van der Waals surface area contributed by atoms with Gasteiger partial charge in [-0.2, -0.15) is 0 Å². The number of benzene rings is 10. The third-order valence-electron chi connectivity index (χ3n) is 11.7. The highest BCUT2D eigenvalue weighted by Gasteiger charge is 2.22. The molecule has 0 spiro atoms. The molecular weight excluding hydrogens is 693 g/mol. The first-order valence-electron chi connectivity index (χ1n) is 19.5. The van der Waals surface area contributed by atoms with Crippen LogP contribution in [0.5, 0.6) is 0 Å². The molecule has 0 bridgehead atoms. The van der Waals surface area contributed by atoms with Crippen molar-refractivity contribution in [2.45, 2.75) is 0 Å². The van der Waals surface area contributed by atoms with Crippen LogP contribution < -0.4 is 4.90 Å². The normalized spacial score (nSPS) is 11.9.